The summed E-state index contributed by atoms with van der Waals surface area (Å²) < 4.78 is 5.96. The number of nitrogens with zero attached hydrogens (tertiary/aromatic N) is 1. The summed E-state index contributed by atoms with van der Waals surface area (Å²) >= 11 is 0. The number of carbonyl (C=O) groups excluding carboxylic acids is 3. The van der Waals surface area contributed by atoms with Crippen molar-refractivity contribution in [3.63, 3.8) is 0 Å². The minimum Gasteiger partial charge on any atom is -0.492 e. The van der Waals surface area contributed by atoms with Crippen molar-refractivity contribution in [1.82, 2.24) is 20.9 Å². The number of benzene rings is 1. The lowest BCUT2D eigenvalue weighted by Crippen LogP contribution is -2.58. The molecule has 0 spiro atoms. The van der Waals surface area contributed by atoms with E-state index in [0.717, 1.165) is 37.0 Å². The molecular formula is C23H34N4O5. The van der Waals surface area contributed by atoms with Crippen molar-refractivity contribution in [3.8, 4) is 5.75 Å². The fraction of sp³-hybridized carbons (Fsp3) is 0.609. The largest absolute Gasteiger partial charge is 0.492 e. The molecule has 9 heteroatoms. The van der Waals surface area contributed by atoms with Gasteiger partial charge < -0.3 is 30.7 Å². The summed E-state index contributed by atoms with van der Waals surface area (Å²) in [5, 5.41) is 18.8. The van der Waals surface area contributed by atoms with Crippen molar-refractivity contribution >= 4 is 17.7 Å². The number of likely N-dealkylation sites (N-methyl/N-ethyl adjacent to an activating group) is 1. The van der Waals surface area contributed by atoms with E-state index in [2.05, 4.69) is 16.0 Å². The fourth-order valence-corrected chi connectivity index (χ4v) is 4.03. The van der Waals surface area contributed by atoms with Gasteiger partial charge in [-0.05, 0) is 50.2 Å². The number of fused-ring (bicyclic) bond motifs is 1. The molecule has 176 valence electrons. The number of amides is 3. The van der Waals surface area contributed by atoms with Gasteiger partial charge in [0, 0.05) is 20.1 Å². The second-order valence-corrected chi connectivity index (χ2v) is 8.53. The zero-order valence-electron chi connectivity index (χ0n) is 18.8. The molecule has 1 aliphatic heterocycles. The van der Waals surface area contributed by atoms with Crippen LogP contribution in [-0.4, -0.2) is 79.2 Å². The average Bonchev–Trinajstić information content (AvgIpc) is 3.60. The van der Waals surface area contributed by atoms with Crippen LogP contribution in [0.3, 0.4) is 0 Å². The number of rotatable bonds is 2. The van der Waals surface area contributed by atoms with Gasteiger partial charge in [0.05, 0.1) is 18.7 Å². The Balaban J connectivity index is 1.76. The first-order valence-electron chi connectivity index (χ1n) is 11.3. The van der Waals surface area contributed by atoms with E-state index in [4.69, 9.17) is 4.74 Å². The Kier molecular flexibility index (Phi) is 8.46. The molecule has 4 N–H and O–H groups in total. The van der Waals surface area contributed by atoms with Crippen molar-refractivity contribution in [2.75, 3.05) is 33.3 Å². The normalized spacial score (nSPS) is 25.5. The standard InChI is InChI=1S/C23H34N4O5/c1-15(28)21-22(30)26-14-19(29)24-11-5-7-16-6-3-4-8-18(16)32-13-12-25-20(17-9-10-17)23(31)27(21)2/h3-4,6,8,15,17,20-21,25,28H,5,7,9-14H2,1-2H3,(H,24,29)(H,26,30). The third-order valence-corrected chi connectivity index (χ3v) is 5.91. The van der Waals surface area contributed by atoms with Crippen LogP contribution >= 0.6 is 0 Å². The highest BCUT2D eigenvalue weighted by molar-refractivity contribution is 5.92. The number of aliphatic hydroxyl groups excluding tert-OH is 1. The molecule has 3 amide bonds. The monoisotopic (exact) mass is 446 g/mol. The molecule has 1 aliphatic carbocycles. The summed E-state index contributed by atoms with van der Waals surface area (Å²) in [6, 6.07) is 6.27. The summed E-state index contributed by atoms with van der Waals surface area (Å²) in [5.74, 6) is -0.126. The third kappa shape index (κ3) is 6.43. The Hall–Kier alpha value is -2.65. The lowest BCUT2D eigenvalue weighted by atomic mass is 10.1. The minimum absolute atomic E-state index is 0.200. The molecule has 3 atom stereocenters. The van der Waals surface area contributed by atoms with E-state index >= 15 is 0 Å². The number of nitrogens with one attached hydrogen (secondary N) is 3. The first-order valence-corrected chi connectivity index (χ1v) is 11.3. The highest BCUT2D eigenvalue weighted by Gasteiger charge is 2.41. The van der Waals surface area contributed by atoms with Crippen LogP contribution in [-0.2, 0) is 20.8 Å². The molecule has 0 radical (unpaired) electrons. The summed E-state index contributed by atoms with van der Waals surface area (Å²) in [6.07, 6.45) is 2.26. The minimum atomic E-state index is -1.09. The second kappa shape index (κ2) is 11.3. The molecule has 9 nitrogen and oxygen atoms in total. The van der Waals surface area contributed by atoms with Crippen LogP contribution in [0, 0.1) is 5.92 Å². The predicted molar refractivity (Wildman–Crippen MR) is 119 cm³/mol. The van der Waals surface area contributed by atoms with Gasteiger partial charge >= 0.3 is 0 Å². The van der Waals surface area contributed by atoms with E-state index in [9.17, 15) is 19.5 Å². The number of para-hydroxylation sites is 1. The quantitative estimate of drug-likeness (QED) is 0.500. The molecular weight excluding hydrogens is 412 g/mol. The van der Waals surface area contributed by atoms with Crippen LogP contribution in [0.5, 0.6) is 5.75 Å². The molecule has 1 saturated carbocycles. The summed E-state index contributed by atoms with van der Waals surface area (Å²) in [5.41, 5.74) is 1.06. The zero-order valence-corrected chi connectivity index (χ0v) is 18.8. The van der Waals surface area contributed by atoms with E-state index in [-0.39, 0.29) is 24.3 Å². The first-order chi connectivity index (χ1) is 15.4. The van der Waals surface area contributed by atoms with Crippen molar-refractivity contribution < 1.29 is 24.2 Å². The van der Waals surface area contributed by atoms with Gasteiger partial charge in [0.1, 0.15) is 18.4 Å². The van der Waals surface area contributed by atoms with Gasteiger partial charge in [0.25, 0.3) is 0 Å². The summed E-state index contributed by atoms with van der Waals surface area (Å²) in [6.45, 7) is 2.59. The Morgan fingerprint density at radius 3 is 2.59 bits per heavy atom. The average molecular weight is 447 g/mol. The van der Waals surface area contributed by atoms with Crippen LogP contribution in [0.2, 0.25) is 0 Å². The fourth-order valence-electron chi connectivity index (χ4n) is 4.03. The molecule has 1 heterocycles. The molecule has 3 rings (SSSR count). The van der Waals surface area contributed by atoms with Crippen LogP contribution in [0.25, 0.3) is 0 Å². The highest BCUT2D eigenvalue weighted by atomic mass is 16.5. The molecule has 0 saturated heterocycles. The molecule has 0 bridgehead atoms. The van der Waals surface area contributed by atoms with Crippen molar-refractivity contribution in [3.05, 3.63) is 29.8 Å². The lowest BCUT2D eigenvalue weighted by Gasteiger charge is -2.32. The van der Waals surface area contributed by atoms with Gasteiger partial charge in [0.15, 0.2) is 0 Å². The predicted octanol–water partition coefficient (Wildman–Crippen LogP) is -0.180. The highest BCUT2D eigenvalue weighted by Crippen LogP contribution is 2.33. The third-order valence-electron chi connectivity index (χ3n) is 5.91. The van der Waals surface area contributed by atoms with Crippen molar-refractivity contribution in [2.45, 2.75) is 50.8 Å². The maximum absolute atomic E-state index is 13.2. The van der Waals surface area contributed by atoms with Crippen LogP contribution in [0.1, 0.15) is 31.7 Å². The van der Waals surface area contributed by atoms with Gasteiger partial charge in [-0.1, -0.05) is 18.2 Å². The van der Waals surface area contributed by atoms with Crippen LogP contribution < -0.4 is 20.7 Å². The molecule has 32 heavy (non-hydrogen) atoms. The SMILES string of the molecule is CC(O)C1C(=O)NCC(=O)NCCCc2ccccc2OCCNC(C2CC2)C(=O)N1C. The van der Waals surface area contributed by atoms with E-state index in [1.54, 1.807) is 0 Å². The smallest absolute Gasteiger partial charge is 0.245 e. The van der Waals surface area contributed by atoms with E-state index in [1.807, 2.05) is 24.3 Å². The summed E-state index contributed by atoms with van der Waals surface area (Å²) in [4.78, 5) is 39.3. The van der Waals surface area contributed by atoms with E-state index < -0.39 is 24.1 Å². The molecule has 3 unspecified atom stereocenters. The molecule has 1 fully saturated rings. The van der Waals surface area contributed by atoms with Crippen molar-refractivity contribution in [2.24, 2.45) is 5.92 Å². The number of hydrogen-bond donors (Lipinski definition) is 4. The molecule has 1 aromatic carbocycles. The Morgan fingerprint density at radius 2 is 1.88 bits per heavy atom. The molecule has 1 aromatic rings. The van der Waals surface area contributed by atoms with Gasteiger partial charge in [-0.25, -0.2) is 0 Å². The van der Waals surface area contributed by atoms with E-state index in [0.29, 0.717) is 19.7 Å². The van der Waals surface area contributed by atoms with Crippen LogP contribution in [0.15, 0.2) is 24.3 Å². The summed E-state index contributed by atoms with van der Waals surface area (Å²) in [7, 11) is 1.52. The molecule has 0 aromatic heterocycles. The topological polar surface area (TPSA) is 120 Å². The first kappa shape index (κ1) is 24.0. The van der Waals surface area contributed by atoms with E-state index in [1.165, 1.54) is 18.9 Å². The lowest BCUT2D eigenvalue weighted by molar-refractivity contribution is -0.144. The van der Waals surface area contributed by atoms with Gasteiger partial charge in [-0.3, -0.25) is 14.4 Å². The zero-order chi connectivity index (χ0) is 23.1. The number of carbonyl (C=O) groups is 3. The van der Waals surface area contributed by atoms with Crippen LogP contribution in [0.4, 0.5) is 0 Å². The Morgan fingerprint density at radius 1 is 1.12 bits per heavy atom. The maximum atomic E-state index is 13.2. The number of aryl methyl sites for hydroxylation is 1. The van der Waals surface area contributed by atoms with Gasteiger partial charge in [0.2, 0.25) is 17.7 Å². The number of hydrogen-bond acceptors (Lipinski definition) is 6. The van der Waals surface area contributed by atoms with Crippen molar-refractivity contribution in [1.29, 1.82) is 0 Å². The Labute approximate surface area is 188 Å². The van der Waals surface area contributed by atoms with Gasteiger partial charge in [-0.2, -0.15) is 0 Å². The Bertz CT molecular complexity index is 811. The maximum Gasteiger partial charge on any atom is 0.245 e. The van der Waals surface area contributed by atoms with Gasteiger partial charge in [-0.15, -0.1) is 0 Å². The number of ether oxygens (including phenoxy) is 1. The molecule has 2 aliphatic rings. The second-order valence-electron chi connectivity index (χ2n) is 8.53. The number of aliphatic hydroxyl groups is 1.